The molecule has 2 aromatic carbocycles. The summed E-state index contributed by atoms with van der Waals surface area (Å²) >= 11 is 6.08. The summed E-state index contributed by atoms with van der Waals surface area (Å²) in [4.78, 5) is 12.8. The lowest BCUT2D eigenvalue weighted by molar-refractivity contribution is -0.117. The van der Waals surface area contributed by atoms with Gasteiger partial charge in [0.15, 0.2) is 0 Å². The smallest absolute Gasteiger partial charge is 0.248 e. The highest BCUT2D eigenvalue weighted by atomic mass is 35.5. The number of anilines is 2. The molecule has 0 aliphatic carbocycles. The fourth-order valence-electron chi connectivity index (χ4n) is 2.59. The summed E-state index contributed by atoms with van der Waals surface area (Å²) < 4.78 is 31.1. The van der Waals surface area contributed by atoms with E-state index in [1.165, 1.54) is 7.11 Å². The van der Waals surface area contributed by atoms with E-state index >= 15 is 0 Å². The molecule has 140 valence electrons. The molecule has 0 spiro atoms. The minimum absolute atomic E-state index is 0.278. The van der Waals surface area contributed by atoms with Crippen LogP contribution in [0.25, 0.3) is 0 Å². The van der Waals surface area contributed by atoms with Crippen LogP contribution >= 0.6 is 11.6 Å². The second kappa shape index (κ2) is 8.42. The third-order valence-corrected chi connectivity index (χ3v) is 5.28. The van der Waals surface area contributed by atoms with Crippen molar-refractivity contribution >= 4 is 38.9 Å². The number of nitrogens with zero attached hydrogens (tertiary/aromatic N) is 1. The maximum atomic E-state index is 12.8. The summed E-state index contributed by atoms with van der Waals surface area (Å²) in [5.74, 6) is 0.0337. The summed E-state index contributed by atoms with van der Waals surface area (Å²) in [7, 11) is -2.23. The molecule has 0 fully saturated rings. The van der Waals surface area contributed by atoms with Crippen molar-refractivity contribution in [3.8, 4) is 5.75 Å². The molecule has 0 heterocycles. The fourth-order valence-corrected chi connectivity index (χ4v) is 3.97. The van der Waals surface area contributed by atoms with Crippen LogP contribution in [0.15, 0.2) is 48.5 Å². The molecular formula is C18H21ClN2O4S. The minimum atomic E-state index is -3.72. The van der Waals surface area contributed by atoms with Gasteiger partial charge in [0.1, 0.15) is 11.8 Å². The Kier molecular flexibility index (Phi) is 6.50. The Bertz CT molecular complexity index is 886. The number of ether oxygens (including phenoxy) is 1. The predicted octanol–water partition coefficient (Wildman–Crippen LogP) is 3.53. The van der Waals surface area contributed by atoms with Gasteiger partial charge in [-0.05, 0) is 30.7 Å². The SMILES string of the molecule is CC[C@H](C(=O)Nc1ccccc1Cl)N(c1cccc(OC)c1)S(C)(=O)=O. The zero-order valence-corrected chi connectivity index (χ0v) is 16.3. The fraction of sp³-hybridized carbons (Fsp3) is 0.278. The Morgan fingerprint density at radius 1 is 1.23 bits per heavy atom. The third-order valence-electron chi connectivity index (χ3n) is 3.77. The highest BCUT2D eigenvalue weighted by molar-refractivity contribution is 7.92. The van der Waals surface area contributed by atoms with Crippen LogP contribution < -0.4 is 14.4 Å². The third kappa shape index (κ3) is 4.68. The Labute approximate surface area is 158 Å². The molecule has 2 aromatic rings. The molecule has 0 saturated carbocycles. The molecule has 2 rings (SSSR count). The van der Waals surface area contributed by atoms with Crippen molar-refractivity contribution in [3.63, 3.8) is 0 Å². The van der Waals surface area contributed by atoms with Crippen molar-refractivity contribution in [2.24, 2.45) is 0 Å². The van der Waals surface area contributed by atoms with Gasteiger partial charge in [-0.1, -0.05) is 36.7 Å². The number of methoxy groups -OCH3 is 1. The topological polar surface area (TPSA) is 75.7 Å². The van der Waals surface area contributed by atoms with Gasteiger partial charge in [0.05, 0.1) is 29.8 Å². The highest BCUT2D eigenvalue weighted by Crippen LogP contribution is 2.28. The van der Waals surface area contributed by atoms with E-state index in [1.807, 2.05) is 0 Å². The monoisotopic (exact) mass is 396 g/mol. The standard InChI is InChI=1S/C18H21ClN2O4S/c1-4-17(18(22)20-16-11-6-5-10-15(16)19)21(26(3,23)24)13-8-7-9-14(12-13)25-2/h5-12,17H,4H2,1-3H3,(H,20,22)/t17-/m1/s1. The molecule has 0 bridgehead atoms. The Hall–Kier alpha value is -2.25. The van der Waals surface area contributed by atoms with E-state index in [9.17, 15) is 13.2 Å². The molecule has 0 radical (unpaired) electrons. The molecule has 0 aromatic heterocycles. The number of sulfonamides is 1. The van der Waals surface area contributed by atoms with Crippen molar-refractivity contribution in [1.82, 2.24) is 0 Å². The first-order valence-electron chi connectivity index (χ1n) is 7.96. The van der Waals surface area contributed by atoms with Crippen LogP contribution in [-0.2, 0) is 14.8 Å². The zero-order chi connectivity index (χ0) is 19.3. The van der Waals surface area contributed by atoms with Gasteiger partial charge in [-0.15, -0.1) is 0 Å². The quantitative estimate of drug-likeness (QED) is 0.776. The number of carbonyl (C=O) groups excluding carboxylic acids is 1. The van der Waals surface area contributed by atoms with Crippen molar-refractivity contribution in [2.75, 3.05) is 23.0 Å². The number of benzene rings is 2. The molecular weight excluding hydrogens is 376 g/mol. The van der Waals surface area contributed by atoms with Crippen LogP contribution in [0.1, 0.15) is 13.3 Å². The molecule has 1 N–H and O–H groups in total. The molecule has 26 heavy (non-hydrogen) atoms. The normalized spacial score (nSPS) is 12.3. The van der Waals surface area contributed by atoms with E-state index in [-0.39, 0.29) is 6.42 Å². The van der Waals surface area contributed by atoms with Crippen molar-refractivity contribution in [3.05, 3.63) is 53.6 Å². The van der Waals surface area contributed by atoms with Gasteiger partial charge in [-0.3, -0.25) is 9.10 Å². The van der Waals surface area contributed by atoms with E-state index in [0.29, 0.717) is 22.1 Å². The van der Waals surface area contributed by atoms with Crippen LogP contribution in [-0.4, -0.2) is 33.7 Å². The maximum absolute atomic E-state index is 12.8. The number of hydrogen-bond donors (Lipinski definition) is 1. The molecule has 0 aliphatic rings. The number of amides is 1. The number of hydrogen-bond acceptors (Lipinski definition) is 4. The Balaban J connectivity index is 2.41. The van der Waals surface area contributed by atoms with Gasteiger partial charge in [0.2, 0.25) is 15.9 Å². The summed E-state index contributed by atoms with van der Waals surface area (Å²) in [5.41, 5.74) is 0.782. The lowest BCUT2D eigenvalue weighted by Crippen LogP contribution is -2.47. The number of para-hydroxylation sites is 1. The maximum Gasteiger partial charge on any atom is 0.248 e. The van der Waals surface area contributed by atoms with Crippen LogP contribution in [0.4, 0.5) is 11.4 Å². The van der Waals surface area contributed by atoms with Crippen molar-refractivity contribution < 1.29 is 17.9 Å². The number of rotatable bonds is 7. The molecule has 1 atom stereocenters. The van der Waals surface area contributed by atoms with E-state index in [0.717, 1.165) is 10.6 Å². The average Bonchev–Trinajstić information content (AvgIpc) is 2.60. The average molecular weight is 397 g/mol. The van der Waals surface area contributed by atoms with Gasteiger partial charge in [-0.2, -0.15) is 0 Å². The van der Waals surface area contributed by atoms with Crippen LogP contribution in [0, 0.1) is 0 Å². The molecule has 0 aliphatic heterocycles. The van der Waals surface area contributed by atoms with E-state index in [2.05, 4.69) is 5.32 Å². The predicted molar refractivity (Wildman–Crippen MR) is 104 cm³/mol. The van der Waals surface area contributed by atoms with E-state index in [1.54, 1.807) is 55.5 Å². The Morgan fingerprint density at radius 3 is 2.50 bits per heavy atom. The lowest BCUT2D eigenvalue weighted by Gasteiger charge is -2.30. The summed E-state index contributed by atoms with van der Waals surface area (Å²) in [5, 5.41) is 3.08. The van der Waals surface area contributed by atoms with Crippen molar-refractivity contribution in [1.29, 1.82) is 0 Å². The second-order valence-electron chi connectivity index (χ2n) is 5.65. The second-order valence-corrected chi connectivity index (χ2v) is 7.92. The van der Waals surface area contributed by atoms with Gasteiger partial charge in [0, 0.05) is 6.07 Å². The first-order valence-corrected chi connectivity index (χ1v) is 10.2. The largest absolute Gasteiger partial charge is 0.497 e. The first kappa shape index (κ1) is 20.1. The highest BCUT2D eigenvalue weighted by Gasteiger charge is 2.32. The van der Waals surface area contributed by atoms with Gasteiger partial charge < -0.3 is 10.1 Å². The molecule has 0 saturated heterocycles. The van der Waals surface area contributed by atoms with Crippen molar-refractivity contribution in [2.45, 2.75) is 19.4 Å². The zero-order valence-electron chi connectivity index (χ0n) is 14.8. The van der Waals surface area contributed by atoms with E-state index in [4.69, 9.17) is 16.3 Å². The molecule has 1 amide bonds. The Morgan fingerprint density at radius 2 is 1.92 bits per heavy atom. The van der Waals surface area contributed by atoms with Gasteiger partial charge >= 0.3 is 0 Å². The minimum Gasteiger partial charge on any atom is -0.497 e. The van der Waals surface area contributed by atoms with Gasteiger partial charge in [-0.25, -0.2) is 8.42 Å². The molecule has 8 heteroatoms. The van der Waals surface area contributed by atoms with Crippen LogP contribution in [0.5, 0.6) is 5.75 Å². The van der Waals surface area contributed by atoms with Crippen LogP contribution in [0.2, 0.25) is 5.02 Å². The molecule has 0 unspecified atom stereocenters. The summed E-state index contributed by atoms with van der Waals surface area (Å²) in [6.07, 6.45) is 1.35. The number of halogens is 1. The molecule has 6 nitrogen and oxygen atoms in total. The summed E-state index contributed by atoms with van der Waals surface area (Å²) in [6, 6.07) is 12.4. The number of nitrogens with one attached hydrogen (secondary N) is 1. The van der Waals surface area contributed by atoms with Gasteiger partial charge in [0.25, 0.3) is 0 Å². The summed E-state index contributed by atoms with van der Waals surface area (Å²) in [6.45, 7) is 1.75. The first-order chi connectivity index (χ1) is 12.3. The number of carbonyl (C=O) groups is 1. The van der Waals surface area contributed by atoms with Crippen LogP contribution in [0.3, 0.4) is 0 Å². The lowest BCUT2D eigenvalue weighted by atomic mass is 10.1. The van der Waals surface area contributed by atoms with E-state index < -0.39 is 22.0 Å².